The molecule has 0 aromatic heterocycles. The molecule has 1 atom stereocenters. The normalized spacial score (nSPS) is 11.9. The summed E-state index contributed by atoms with van der Waals surface area (Å²) in [7, 11) is 0. The fourth-order valence-corrected chi connectivity index (χ4v) is 1.41. The third-order valence-corrected chi connectivity index (χ3v) is 2.29. The maximum atomic E-state index is 13.2. The summed E-state index contributed by atoms with van der Waals surface area (Å²) in [5, 5.41) is 13.7. The maximum Gasteiger partial charge on any atom is 0.319 e. The van der Waals surface area contributed by atoms with E-state index in [4.69, 9.17) is 5.11 Å². The molecule has 0 aliphatic rings. The van der Waals surface area contributed by atoms with Gasteiger partial charge in [-0.05, 0) is 31.9 Å². The van der Waals surface area contributed by atoms with Crippen molar-refractivity contribution in [3.63, 3.8) is 0 Å². The number of benzene rings is 1. The molecule has 17 heavy (non-hydrogen) atoms. The first kappa shape index (κ1) is 13.4. The lowest BCUT2D eigenvalue weighted by molar-refractivity contribution is 0.245. The second kappa shape index (κ2) is 6.85. The Morgan fingerprint density at radius 1 is 1.47 bits per heavy atom. The number of nitrogens with one attached hydrogen (secondary N) is 2. The number of aliphatic hydroxyl groups is 1. The number of urea groups is 1. The third-order valence-electron chi connectivity index (χ3n) is 2.29. The zero-order chi connectivity index (χ0) is 12.7. The van der Waals surface area contributed by atoms with Gasteiger partial charge in [0.2, 0.25) is 0 Å². The van der Waals surface area contributed by atoms with E-state index in [0.717, 1.165) is 0 Å². The highest BCUT2D eigenvalue weighted by Crippen LogP contribution is 2.11. The van der Waals surface area contributed by atoms with Crippen LogP contribution >= 0.6 is 0 Å². The molecule has 2 amide bonds. The van der Waals surface area contributed by atoms with Crippen LogP contribution in [0.15, 0.2) is 24.3 Å². The molecule has 0 aliphatic carbocycles. The van der Waals surface area contributed by atoms with Crippen molar-refractivity contribution in [3.8, 4) is 0 Å². The zero-order valence-corrected chi connectivity index (χ0v) is 9.74. The summed E-state index contributed by atoms with van der Waals surface area (Å²) in [6.45, 7) is 1.93. The number of aliphatic hydroxyl groups excluding tert-OH is 1. The molecule has 0 saturated carbocycles. The van der Waals surface area contributed by atoms with E-state index in [9.17, 15) is 9.18 Å². The lowest BCUT2D eigenvalue weighted by atomic mass is 10.2. The number of halogens is 1. The Labute approximate surface area is 99.8 Å². The van der Waals surface area contributed by atoms with E-state index >= 15 is 0 Å². The van der Waals surface area contributed by atoms with Crippen LogP contribution in [0, 0.1) is 5.82 Å². The molecular weight excluding hydrogens is 223 g/mol. The van der Waals surface area contributed by atoms with Crippen LogP contribution in [-0.2, 0) is 0 Å². The molecule has 0 spiro atoms. The minimum Gasteiger partial charge on any atom is -0.396 e. The van der Waals surface area contributed by atoms with Crippen molar-refractivity contribution in [2.45, 2.75) is 25.8 Å². The zero-order valence-electron chi connectivity index (χ0n) is 9.74. The molecule has 1 unspecified atom stereocenters. The van der Waals surface area contributed by atoms with Gasteiger partial charge in [0.15, 0.2) is 0 Å². The van der Waals surface area contributed by atoms with E-state index in [2.05, 4.69) is 10.6 Å². The van der Waals surface area contributed by atoms with Crippen molar-refractivity contribution in [1.29, 1.82) is 0 Å². The number of hydrogen-bond acceptors (Lipinski definition) is 2. The molecule has 94 valence electrons. The van der Waals surface area contributed by atoms with E-state index in [1.807, 2.05) is 6.92 Å². The van der Waals surface area contributed by atoms with Gasteiger partial charge in [0.1, 0.15) is 5.82 Å². The second-order valence-electron chi connectivity index (χ2n) is 3.85. The Morgan fingerprint density at radius 3 is 2.82 bits per heavy atom. The average molecular weight is 240 g/mol. The molecule has 0 saturated heterocycles. The Bertz CT molecular complexity index is 371. The van der Waals surface area contributed by atoms with Gasteiger partial charge in [-0.3, -0.25) is 0 Å². The number of hydrogen-bond donors (Lipinski definition) is 3. The van der Waals surface area contributed by atoms with Crippen LogP contribution in [0.3, 0.4) is 0 Å². The van der Waals surface area contributed by atoms with Gasteiger partial charge in [0.05, 0.1) is 5.69 Å². The molecule has 0 heterocycles. The third kappa shape index (κ3) is 4.82. The summed E-state index contributed by atoms with van der Waals surface area (Å²) < 4.78 is 13.2. The van der Waals surface area contributed by atoms with Crippen LogP contribution in [0.2, 0.25) is 0 Å². The lowest BCUT2D eigenvalue weighted by Crippen LogP contribution is -2.36. The standard InChI is InChI=1S/C12H17FN2O2/c1-9(5-4-8-16)14-12(17)15-11-7-3-2-6-10(11)13/h2-3,6-7,9,16H,4-5,8H2,1H3,(H2,14,15,17). The van der Waals surface area contributed by atoms with E-state index in [1.54, 1.807) is 12.1 Å². The molecule has 0 bridgehead atoms. The van der Waals surface area contributed by atoms with Crippen molar-refractivity contribution in [3.05, 3.63) is 30.1 Å². The molecular formula is C12H17FN2O2. The first-order valence-electron chi connectivity index (χ1n) is 5.56. The lowest BCUT2D eigenvalue weighted by Gasteiger charge is -2.14. The topological polar surface area (TPSA) is 61.4 Å². The maximum absolute atomic E-state index is 13.2. The van der Waals surface area contributed by atoms with Crippen molar-refractivity contribution in [2.75, 3.05) is 11.9 Å². The van der Waals surface area contributed by atoms with E-state index < -0.39 is 11.8 Å². The number of para-hydroxylation sites is 1. The molecule has 1 aromatic rings. The van der Waals surface area contributed by atoms with Gasteiger partial charge < -0.3 is 15.7 Å². The minimum atomic E-state index is -0.467. The summed E-state index contributed by atoms with van der Waals surface area (Å²) >= 11 is 0. The predicted molar refractivity (Wildman–Crippen MR) is 64.3 cm³/mol. The highest BCUT2D eigenvalue weighted by molar-refractivity contribution is 5.89. The van der Waals surface area contributed by atoms with Crippen molar-refractivity contribution >= 4 is 11.7 Å². The van der Waals surface area contributed by atoms with Gasteiger partial charge in [-0.1, -0.05) is 12.1 Å². The van der Waals surface area contributed by atoms with Crippen LogP contribution in [0.1, 0.15) is 19.8 Å². The first-order valence-corrected chi connectivity index (χ1v) is 5.56. The molecule has 0 radical (unpaired) electrons. The van der Waals surface area contributed by atoms with Gasteiger partial charge in [-0.15, -0.1) is 0 Å². The molecule has 0 fully saturated rings. The second-order valence-corrected chi connectivity index (χ2v) is 3.85. The fourth-order valence-electron chi connectivity index (χ4n) is 1.41. The Balaban J connectivity index is 2.42. The summed E-state index contributed by atoms with van der Waals surface area (Å²) in [4.78, 5) is 11.5. The van der Waals surface area contributed by atoms with Gasteiger partial charge in [-0.25, -0.2) is 9.18 Å². The molecule has 1 rings (SSSR count). The highest BCUT2D eigenvalue weighted by Gasteiger charge is 2.08. The van der Waals surface area contributed by atoms with Crippen LogP contribution in [0.5, 0.6) is 0 Å². The largest absolute Gasteiger partial charge is 0.396 e. The van der Waals surface area contributed by atoms with E-state index in [1.165, 1.54) is 12.1 Å². The Kier molecular flexibility index (Phi) is 5.42. The quantitative estimate of drug-likeness (QED) is 0.738. The Hall–Kier alpha value is -1.62. The monoisotopic (exact) mass is 240 g/mol. The summed E-state index contributed by atoms with van der Waals surface area (Å²) in [5.41, 5.74) is 0.152. The number of carbonyl (C=O) groups is 1. The van der Waals surface area contributed by atoms with Crippen LogP contribution in [0.25, 0.3) is 0 Å². The fraction of sp³-hybridized carbons (Fsp3) is 0.417. The number of amides is 2. The summed E-state index contributed by atoms with van der Waals surface area (Å²) in [5.74, 6) is -0.467. The van der Waals surface area contributed by atoms with Crippen LogP contribution < -0.4 is 10.6 Å². The molecule has 4 nitrogen and oxygen atoms in total. The van der Waals surface area contributed by atoms with Crippen LogP contribution in [0.4, 0.5) is 14.9 Å². The van der Waals surface area contributed by atoms with Crippen molar-refractivity contribution in [1.82, 2.24) is 5.32 Å². The predicted octanol–water partition coefficient (Wildman–Crippen LogP) is 2.11. The van der Waals surface area contributed by atoms with Gasteiger partial charge >= 0.3 is 6.03 Å². The van der Waals surface area contributed by atoms with Crippen molar-refractivity contribution in [2.24, 2.45) is 0 Å². The molecule has 5 heteroatoms. The highest BCUT2D eigenvalue weighted by atomic mass is 19.1. The van der Waals surface area contributed by atoms with Gasteiger partial charge in [0, 0.05) is 12.6 Å². The number of anilines is 1. The first-order chi connectivity index (χ1) is 8.13. The van der Waals surface area contributed by atoms with Gasteiger partial charge in [0.25, 0.3) is 0 Å². The Morgan fingerprint density at radius 2 is 2.18 bits per heavy atom. The minimum absolute atomic E-state index is 0.0612. The van der Waals surface area contributed by atoms with Gasteiger partial charge in [-0.2, -0.15) is 0 Å². The SMILES string of the molecule is CC(CCCO)NC(=O)Nc1ccccc1F. The van der Waals surface area contributed by atoms with E-state index in [-0.39, 0.29) is 18.3 Å². The van der Waals surface area contributed by atoms with Crippen LogP contribution in [-0.4, -0.2) is 23.8 Å². The molecule has 0 aliphatic heterocycles. The van der Waals surface area contributed by atoms with E-state index in [0.29, 0.717) is 12.8 Å². The smallest absolute Gasteiger partial charge is 0.319 e. The summed E-state index contributed by atoms with van der Waals surface area (Å²) in [6, 6.07) is 5.48. The molecule has 1 aromatic carbocycles. The van der Waals surface area contributed by atoms with Crippen molar-refractivity contribution < 1.29 is 14.3 Å². The summed E-state index contributed by atoms with van der Waals surface area (Å²) in [6.07, 6.45) is 1.31. The molecule has 3 N–H and O–H groups in total. The average Bonchev–Trinajstić information content (AvgIpc) is 2.29. The number of rotatable bonds is 5. The number of carbonyl (C=O) groups excluding carboxylic acids is 1.